The molecule has 3 N–H and O–H groups in total. The number of carbonyl (C=O) groups is 1. The molecule has 4 rings (SSSR count). The van der Waals surface area contributed by atoms with Gasteiger partial charge in [0.05, 0.1) is 28.1 Å². The second kappa shape index (κ2) is 6.91. The Hall–Kier alpha value is -3.36. The molecule has 2 aromatic heterocycles. The average Bonchev–Trinajstić information content (AvgIpc) is 3.28. The number of amides is 1. The van der Waals surface area contributed by atoms with Gasteiger partial charge in [-0.15, -0.1) is 0 Å². The smallest absolute Gasteiger partial charge is 0.342 e. The number of hydrogen-bond acceptors (Lipinski definition) is 3. The number of fused-ring (bicyclic) bond motifs is 2. The molecule has 0 saturated carbocycles. The van der Waals surface area contributed by atoms with Crippen molar-refractivity contribution in [1.82, 2.24) is 25.3 Å². The number of nitrogens with one attached hydrogen (secondary N) is 3. The highest BCUT2D eigenvalue weighted by molar-refractivity contribution is 5.97. The number of aromatic nitrogens is 4. The first-order chi connectivity index (χ1) is 13.7. The Morgan fingerprint density at radius 3 is 2.41 bits per heavy atom. The number of imidazole rings is 2. The molecule has 2 aromatic carbocycles. The fraction of sp³-hybridized carbons (Fsp3) is 0.250. The van der Waals surface area contributed by atoms with Gasteiger partial charge in [0.15, 0.2) is 0 Å². The van der Waals surface area contributed by atoms with Gasteiger partial charge in [-0.25, -0.2) is 9.97 Å². The van der Waals surface area contributed by atoms with E-state index >= 15 is 0 Å². The quantitative estimate of drug-likeness (QED) is 0.468. The highest BCUT2D eigenvalue weighted by atomic mass is 19.4. The summed E-state index contributed by atoms with van der Waals surface area (Å²) in [5.74, 6) is -0.842. The third-order valence-corrected chi connectivity index (χ3v) is 4.67. The molecule has 1 unspecified atom stereocenters. The van der Waals surface area contributed by atoms with E-state index in [1.807, 2.05) is 38.1 Å². The molecule has 6 nitrogen and oxygen atoms in total. The fourth-order valence-electron chi connectivity index (χ4n) is 3.18. The lowest BCUT2D eigenvalue weighted by molar-refractivity contribution is -0.144. The van der Waals surface area contributed by atoms with Crippen molar-refractivity contribution in [2.45, 2.75) is 26.1 Å². The van der Waals surface area contributed by atoms with Crippen molar-refractivity contribution in [3.63, 3.8) is 0 Å². The van der Waals surface area contributed by atoms with Gasteiger partial charge in [0, 0.05) is 5.56 Å². The summed E-state index contributed by atoms with van der Waals surface area (Å²) >= 11 is 0. The first-order valence-corrected chi connectivity index (χ1v) is 9.05. The molecule has 4 aromatic rings. The van der Waals surface area contributed by atoms with Gasteiger partial charge in [-0.1, -0.05) is 26.0 Å². The first kappa shape index (κ1) is 19.0. The standard InChI is InChI=1S/C20H18F3N5O/c1-10(2)16(17-24-12-5-3-4-6-13(12)25-17)28-18(29)11-7-8-14-15(9-11)27-19(26-14)20(21,22)23/h3-10,16H,1-2H3,(H,24,25)(H,26,27)(H,28,29). The molecule has 150 valence electrons. The minimum Gasteiger partial charge on any atom is -0.342 e. The second-order valence-electron chi connectivity index (χ2n) is 7.15. The van der Waals surface area contributed by atoms with Gasteiger partial charge in [-0.3, -0.25) is 4.79 Å². The number of benzene rings is 2. The van der Waals surface area contributed by atoms with E-state index in [9.17, 15) is 18.0 Å². The summed E-state index contributed by atoms with van der Waals surface area (Å²) < 4.78 is 38.5. The maximum absolute atomic E-state index is 12.8. The highest BCUT2D eigenvalue weighted by Crippen LogP contribution is 2.29. The zero-order valence-electron chi connectivity index (χ0n) is 15.6. The Bertz CT molecular complexity index is 1160. The van der Waals surface area contributed by atoms with Crippen LogP contribution < -0.4 is 5.32 Å². The first-order valence-electron chi connectivity index (χ1n) is 9.05. The van der Waals surface area contributed by atoms with Crippen LogP contribution in [-0.4, -0.2) is 25.8 Å². The van der Waals surface area contributed by atoms with Crippen LogP contribution in [0.1, 0.15) is 41.9 Å². The van der Waals surface area contributed by atoms with Gasteiger partial charge in [-0.05, 0) is 36.2 Å². The van der Waals surface area contributed by atoms with Crippen molar-refractivity contribution in [1.29, 1.82) is 0 Å². The normalized spacial score (nSPS) is 13.3. The molecule has 0 fully saturated rings. The molecule has 29 heavy (non-hydrogen) atoms. The maximum Gasteiger partial charge on any atom is 0.449 e. The Morgan fingerprint density at radius 2 is 1.72 bits per heavy atom. The molecule has 0 radical (unpaired) electrons. The Balaban J connectivity index is 1.62. The lowest BCUT2D eigenvalue weighted by atomic mass is 10.0. The maximum atomic E-state index is 12.8. The summed E-state index contributed by atoms with van der Waals surface area (Å²) in [7, 11) is 0. The van der Waals surface area contributed by atoms with Crippen LogP contribution in [0.25, 0.3) is 22.1 Å². The number of para-hydroxylation sites is 2. The Morgan fingerprint density at radius 1 is 1.00 bits per heavy atom. The lowest BCUT2D eigenvalue weighted by Crippen LogP contribution is -2.32. The van der Waals surface area contributed by atoms with Crippen molar-refractivity contribution in [3.8, 4) is 0 Å². The van der Waals surface area contributed by atoms with E-state index in [1.54, 1.807) is 0 Å². The lowest BCUT2D eigenvalue weighted by Gasteiger charge is -2.20. The van der Waals surface area contributed by atoms with Crippen molar-refractivity contribution >= 4 is 28.0 Å². The predicted molar refractivity (Wildman–Crippen MR) is 102 cm³/mol. The number of carbonyl (C=O) groups excluding carboxylic acids is 1. The second-order valence-corrected chi connectivity index (χ2v) is 7.15. The van der Waals surface area contributed by atoms with Gasteiger partial charge in [-0.2, -0.15) is 13.2 Å². The van der Waals surface area contributed by atoms with E-state index in [0.717, 1.165) is 11.0 Å². The third kappa shape index (κ3) is 3.67. The van der Waals surface area contributed by atoms with Crippen LogP contribution in [0, 0.1) is 5.92 Å². The molecule has 0 aliphatic rings. The van der Waals surface area contributed by atoms with Gasteiger partial charge in [0.1, 0.15) is 5.82 Å². The van der Waals surface area contributed by atoms with E-state index in [4.69, 9.17) is 0 Å². The van der Waals surface area contributed by atoms with Crippen LogP contribution in [0.15, 0.2) is 42.5 Å². The highest BCUT2D eigenvalue weighted by Gasteiger charge is 2.34. The zero-order valence-corrected chi connectivity index (χ0v) is 15.6. The van der Waals surface area contributed by atoms with Gasteiger partial charge < -0.3 is 15.3 Å². The molecule has 1 atom stereocenters. The van der Waals surface area contributed by atoms with Crippen molar-refractivity contribution in [2.75, 3.05) is 0 Å². The number of hydrogen-bond donors (Lipinski definition) is 3. The summed E-state index contributed by atoms with van der Waals surface area (Å²) in [4.78, 5) is 26.3. The van der Waals surface area contributed by atoms with E-state index < -0.39 is 23.9 Å². The van der Waals surface area contributed by atoms with Crippen molar-refractivity contribution in [3.05, 3.63) is 59.7 Å². The summed E-state index contributed by atoms with van der Waals surface area (Å²) in [6.45, 7) is 3.90. The van der Waals surface area contributed by atoms with Crippen molar-refractivity contribution in [2.24, 2.45) is 5.92 Å². The van der Waals surface area contributed by atoms with Gasteiger partial charge >= 0.3 is 6.18 Å². The fourth-order valence-corrected chi connectivity index (χ4v) is 3.18. The molecule has 1 amide bonds. The molecular formula is C20H18F3N5O. The van der Waals surface area contributed by atoms with Gasteiger partial charge in [0.25, 0.3) is 5.91 Å². The zero-order chi connectivity index (χ0) is 20.8. The Kier molecular flexibility index (Phi) is 4.52. The van der Waals surface area contributed by atoms with Crippen molar-refractivity contribution < 1.29 is 18.0 Å². The van der Waals surface area contributed by atoms with E-state index in [0.29, 0.717) is 5.82 Å². The largest absolute Gasteiger partial charge is 0.449 e. The molecule has 0 bridgehead atoms. The van der Waals surface area contributed by atoms with Crippen LogP contribution in [0.2, 0.25) is 0 Å². The topological polar surface area (TPSA) is 86.5 Å². The minimum atomic E-state index is -4.58. The summed E-state index contributed by atoms with van der Waals surface area (Å²) in [5.41, 5.74) is 2.18. The molecule has 0 aliphatic heterocycles. The summed E-state index contributed by atoms with van der Waals surface area (Å²) in [6, 6.07) is 11.4. The number of H-pyrrole nitrogens is 2. The van der Waals surface area contributed by atoms with E-state index in [2.05, 4.69) is 25.3 Å². The average molecular weight is 401 g/mol. The number of nitrogens with zero attached hydrogens (tertiary/aromatic N) is 2. The Labute approximate surface area is 163 Å². The van der Waals surface area contributed by atoms with E-state index in [-0.39, 0.29) is 22.5 Å². The van der Waals surface area contributed by atoms with Crippen LogP contribution in [-0.2, 0) is 6.18 Å². The molecule has 0 aliphatic carbocycles. The van der Waals surface area contributed by atoms with Gasteiger partial charge in [0.2, 0.25) is 5.82 Å². The number of rotatable bonds is 4. The monoisotopic (exact) mass is 401 g/mol. The number of halogens is 3. The number of alkyl halides is 3. The van der Waals surface area contributed by atoms with Crippen LogP contribution in [0.3, 0.4) is 0 Å². The van der Waals surface area contributed by atoms with E-state index in [1.165, 1.54) is 18.2 Å². The summed E-state index contributed by atoms with van der Waals surface area (Å²) in [6.07, 6.45) is -4.58. The minimum absolute atomic E-state index is 0.0345. The molecule has 9 heteroatoms. The van der Waals surface area contributed by atoms with Crippen LogP contribution in [0.4, 0.5) is 13.2 Å². The molecule has 2 heterocycles. The molecular weight excluding hydrogens is 383 g/mol. The molecule has 0 spiro atoms. The third-order valence-electron chi connectivity index (χ3n) is 4.67. The molecule has 0 saturated heterocycles. The van der Waals surface area contributed by atoms with Crippen LogP contribution in [0.5, 0.6) is 0 Å². The number of aromatic amines is 2. The van der Waals surface area contributed by atoms with Crippen LogP contribution >= 0.6 is 0 Å². The summed E-state index contributed by atoms with van der Waals surface area (Å²) in [5, 5.41) is 2.92. The SMILES string of the molecule is CC(C)C(NC(=O)c1ccc2nc(C(F)(F)F)[nH]c2c1)c1nc2ccccc2[nH]1. The predicted octanol–water partition coefficient (Wildman–Crippen LogP) is 4.59.